The standard InChI is InChI=1S/C23H27NO/c1-17(2)24(18(3)4)16-10-9-15-23(25)21-13-7-5-11-19(21)20-12-6-8-14-22(20)23/h5-8,11-14,17-18,25H,15-16H2,1-4H3/p+1. The van der Waals surface area contributed by atoms with E-state index in [4.69, 9.17) is 0 Å². The fourth-order valence-electron chi connectivity index (χ4n) is 3.92. The van der Waals surface area contributed by atoms with E-state index in [1.807, 2.05) is 36.4 Å². The highest BCUT2D eigenvalue weighted by molar-refractivity contribution is 5.80. The Morgan fingerprint density at radius 2 is 1.32 bits per heavy atom. The summed E-state index contributed by atoms with van der Waals surface area (Å²) in [6, 6.07) is 17.4. The zero-order valence-electron chi connectivity index (χ0n) is 15.6. The van der Waals surface area contributed by atoms with Crippen LogP contribution in [0.5, 0.6) is 0 Å². The Morgan fingerprint density at radius 1 is 0.840 bits per heavy atom. The highest BCUT2D eigenvalue weighted by Gasteiger charge is 2.40. The van der Waals surface area contributed by atoms with Gasteiger partial charge in [-0.1, -0.05) is 54.5 Å². The highest BCUT2D eigenvalue weighted by atomic mass is 16.3. The first-order valence-electron chi connectivity index (χ1n) is 9.18. The third-order valence-corrected chi connectivity index (χ3v) is 5.28. The minimum absolute atomic E-state index is 0.435. The van der Waals surface area contributed by atoms with Crippen molar-refractivity contribution in [1.82, 2.24) is 0 Å². The van der Waals surface area contributed by atoms with E-state index in [0.29, 0.717) is 18.5 Å². The molecule has 0 unspecified atom stereocenters. The lowest BCUT2D eigenvalue weighted by molar-refractivity contribution is -0.935. The molecule has 0 amide bonds. The SMILES string of the molecule is CC(C)[NH+](CC#CCC1(O)c2ccccc2-c2ccccc21)C(C)C. The zero-order chi connectivity index (χ0) is 18.0. The molecule has 25 heavy (non-hydrogen) atoms. The summed E-state index contributed by atoms with van der Waals surface area (Å²) in [5.74, 6) is 6.58. The molecule has 2 aromatic carbocycles. The summed E-state index contributed by atoms with van der Waals surface area (Å²) in [5, 5.41) is 11.5. The van der Waals surface area contributed by atoms with Crippen molar-refractivity contribution in [2.75, 3.05) is 6.54 Å². The Hall–Kier alpha value is -2.08. The molecule has 1 aliphatic rings. The molecule has 2 heteroatoms. The number of hydrogen-bond acceptors (Lipinski definition) is 1. The summed E-state index contributed by atoms with van der Waals surface area (Å²) in [5.41, 5.74) is 3.19. The Bertz CT molecular complexity index is 757. The van der Waals surface area contributed by atoms with Crippen LogP contribution in [0, 0.1) is 11.8 Å². The number of quaternary nitrogens is 1. The maximum Gasteiger partial charge on any atom is 0.139 e. The van der Waals surface area contributed by atoms with E-state index in [1.165, 1.54) is 4.90 Å². The molecule has 0 atom stereocenters. The van der Waals surface area contributed by atoms with E-state index >= 15 is 0 Å². The molecule has 0 spiro atoms. The summed E-state index contributed by atoms with van der Waals surface area (Å²) < 4.78 is 0. The minimum Gasteiger partial charge on any atom is -0.379 e. The molecule has 0 aliphatic heterocycles. The van der Waals surface area contributed by atoms with Crippen LogP contribution in [0.3, 0.4) is 0 Å². The molecule has 0 saturated carbocycles. The first kappa shape index (κ1) is 17.7. The van der Waals surface area contributed by atoms with Crippen LogP contribution < -0.4 is 4.90 Å². The van der Waals surface area contributed by atoms with Gasteiger partial charge >= 0.3 is 0 Å². The van der Waals surface area contributed by atoms with Crippen molar-refractivity contribution in [3.05, 3.63) is 59.7 Å². The van der Waals surface area contributed by atoms with E-state index < -0.39 is 5.60 Å². The van der Waals surface area contributed by atoms with Gasteiger partial charge < -0.3 is 10.0 Å². The molecule has 0 radical (unpaired) electrons. The molecule has 0 saturated heterocycles. The van der Waals surface area contributed by atoms with Crippen LogP contribution in [0.2, 0.25) is 0 Å². The van der Waals surface area contributed by atoms with Gasteiger partial charge in [-0.15, -0.1) is 0 Å². The number of fused-ring (bicyclic) bond motifs is 3. The van der Waals surface area contributed by atoms with Gasteiger partial charge in [0.15, 0.2) is 0 Å². The van der Waals surface area contributed by atoms with E-state index in [1.54, 1.807) is 0 Å². The molecule has 0 aromatic heterocycles. The molecular weight excluding hydrogens is 306 g/mol. The summed E-state index contributed by atoms with van der Waals surface area (Å²) >= 11 is 0. The average molecular weight is 334 g/mol. The van der Waals surface area contributed by atoms with Crippen LogP contribution in [-0.2, 0) is 5.60 Å². The van der Waals surface area contributed by atoms with Crippen LogP contribution in [0.4, 0.5) is 0 Å². The van der Waals surface area contributed by atoms with Crippen LogP contribution in [0.1, 0.15) is 45.2 Å². The number of aliphatic hydroxyl groups is 1. The van der Waals surface area contributed by atoms with Crippen molar-refractivity contribution >= 4 is 0 Å². The number of benzene rings is 2. The number of rotatable bonds is 4. The lowest BCUT2D eigenvalue weighted by Crippen LogP contribution is -3.17. The normalized spacial score (nSPS) is 14.4. The minimum atomic E-state index is -1.00. The largest absolute Gasteiger partial charge is 0.379 e. The van der Waals surface area contributed by atoms with Gasteiger partial charge in [-0.05, 0) is 55.9 Å². The molecule has 0 heterocycles. The van der Waals surface area contributed by atoms with Crippen LogP contribution in [-0.4, -0.2) is 23.7 Å². The number of hydrogen-bond donors (Lipinski definition) is 2. The van der Waals surface area contributed by atoms with Crippen molar-refractivity contribution < 1.29 is 10.0 Å². The highest BCUT2D eigenvalue weighted by Crippen LogP contribution is 2.48. The molecule has 2 aromatic rings. The second kappa shape index (κ2) is 7.04. The molecule has 2 nitrogen and oxygen atoms in total. The molecule has 2 N–H and O–H groups in total. The zero-order valence-corrected chi connectivity index (χ0v) is 15.6. The molecule has 0 fully saturated rings. The Morgan fingerprint density at radius 3 is 1.80 bits per heavy atom. The van der Waals surface area contributed by atoms with Crippen molar-refractivity contribution in [2.24, 2.45) is 0 Å². The fourth-order valence-corrected chi connectivity index (χ4v) is 3.92. The van der Waals surface area contributed by atoms with Gasteiger partial charge in [0.2, 0.25) is 0 Å². The maximum atomic E-state index is 11.5. The summed E-state index contributed by atoms with van der Waals surface area (Å²) in [6.07, 6.45) is 0.435. The van der Waals surface area contributed by atoms with Gasteiger partial charge in [0.05, 0.1) is 12.1 Å². The van der Waals surface area contributed by atoms with Gasteiger partial charge in [-0.3, -0.25) is 0 Å². The van der Waals surface area contributed by atoms with Gasteiger partial charge in [0.25, 0.3) is 0 Å². The lowest BCUT2D eigenvalue weighted by atomic mass is 9.88. The fraction of sp³-hybridized carbons (Fsp3) is 0.391. The number of nitrogens with one attached hydrogen (secondary N) is 1. The maximum absolute atomic E-state index is 11.5. The quantitative estimate of drug-likeness (QED) is 0.826. The molecule has 0 bridgehead atoms. The second-order valence-electron chi connectivity index (χ2n) is 7.54. The third kappa shape index (κ3) is 3.23. The van der Waals surface area contributed by atoms with Crippen molar-refractivity contribution in [2.45, 2.75) is 51.8 Å². The second-order valence-corrected chi connectivity index (χ2v) is 7.54. The van der Waals surface area contributed by atoms with Gasteiger partial charge in [-0.25, -0.2) is 0 Å². The first-order valence-corrected chi connectivity index (χ1v) is 9.18. The van der Waals surface area contributed by atoms with E-state index in [-0.39, 0.29) is 0 Å². The molecule has 1 aliphatic carbocycles. The van der Waals surface area contributed by atoms with Crippen LogP contribution in [0.15, 0.2) is 48.5 Å². The summed E-state index contributed by atoms with van der Waals surface area (Å²) in [6.45, 7) is 9.73. The monoisotopic (exact) mass is 334 g/mol. The Balaban J connectivity index is 1.87. The predicted molar refractivity (Wildman–Crippen MR) is 103 cm³/mol. The van der Waals surface area contributed by atoms with E-state index in [2.05, 4.69) is 51.7 Å². The first-order chi connectivity index (χ1) is 11.9. The Kier molecular flexibility index (Phi) is 4.99. The molecule has 3 rings (SSSR count). The van der Waals surface area contributed by atoms with Gasteiger partial charge in [0, 0.05) is 6.42 Å². The predicted octanol–water partition coefficient (Wildman–Crippen LogP) is 3.00. The lowest BCUT2D eigenvalue weighted by Gasteiger charge is -2.25. The van der Waals surface area contributed by atoms with Crippen molar-refractivity contribution in [1.29, 1.82) is 0 Å². The third-order valence-electron chi connectivity index (χ3n) is 5.28. The molecular formula is C23H28NO+. The van der Waals surface area contributed by atoms with Crippen LogP contribution >= 0.6 is 0 Å². The van der Waals surface area contributed by atoms with Gasteiger partial charge in [0.1, 0.15) is 12.1 Å². The van der Waals surface area contributed by atoms with Crippen molar-refractivity contribution in [3.63, 3.8) is 0 Å². The average Bonchev–Trinajstić information content (AvgIpc) is 2.85. The van der Waals surface area contributed by atoms with Gasteiger partial charge in [-0.2, -0.15) is 0 Å². The summed E-state index contributed by atoms with van der Waals surface area (Å²) in [4.78, 5) is 1.48. The Labute approximate surface area is 151 Å². The van der Waals surface area contributed by atoms with Crippen LogP contribution in [0.25, 0.3) is 11.1 Å². The summed E-state index contributed by atoms with van der Waals surface area (Å²) in [7, 11) is 0. The smallest absolute Gasteiger partial charge is 0.139 e. The van der Waals surface area contributed by atoms with E-state index in [9.17, 15) is 5.11 Å². The van der Waals surface area contributed by atoms with Crippen molar-refractivity contribution in [3.8, 4) is 23.0 Å². The molecule has 130 valence electrons. The van der Waals surface area contributed by atoms with E-state index in [0.717, 1.165) is 28.8 Å². The topological polar surface area (TPSA) is 24.7 Å².